The summed E-state index contributed by atoms with van der Waals surface area (Å²) in [6, 6.07) is 22.8. The molecule has 0 saturated carbocycles. The number of aryl methyl sites for hydroxylation is 2. The topological polar surface area (TPSA) is 105 Å². The quantitative estimate of drug-likeness (QED) is 0.137. The van der Waals surface area contributed by atoms with Gasteiger partial charge in [0, 0.05) is 25.1 Å². The van der Waals surface area contributed by atoms with Gasteiger partial charge in [0.2, 0.25) is 11.8 Å². The van der Waals surface area contributed by atoms with Crippen molar-refractivity contribution in [3.05, 3.63) is 117 Å². The van der Waals surface area contributed by atoms with Gasteiger partial charge in [0.15, 0.2) is 11.5 Å². The predicted molar refractivity (Wildman–Crippen MR) is 199 cm³/mol. The summed E-state index contributed by atoms with van der Waals surface area (Å²) in [4.78, 5) is 30.2. The monoisotopic (exact) mass is 739 g/mol. The molecule has 0 aliphatic heterocycles. The highest BCUT2D eigenvalue weighted by Gasteiger charge is 2.35. The molecule has 4 rings (SSSR count). The summed E-state index contributed by atoms with van der Waals surface area (Å²) in [7, 11) is -1.50. The maximum absolute atomic E-state index is 14.8. The fraction of sp³-hybridized carbons (Fsp3) is 0.316. The second-order valence-corrected chi connectivity index (χ2v) is 14.8. The number of carbonyl (C=O) groups is 2. The number of benzene rings is 4. The van der Waals surface area contributed by atoms with E-state index in [0.717, 1.165) is 21.0 Å². The molecule has 0 radical (unpaired) electrons. The molecular weight excluding hydrogens is 697 g/mol. The Hall–Kier alpha value is -4.25. The van der Waals surface area contributed by atoms with Crippen LogP contribution in [0.1, 0.15) is 42.5 Å². The van der Waals surface area contributed by atoms with Crippen molar-refractivity contribution in [2.24, 2.45) is 0 Å². The maximum Gasteiger partial charge on any atom is 0.264 e. The van der Waals surface area contributed by atoms with E-state index < -0.39 is 28.5 Å². The molecule has 0 bridgehead atoms. The summed E-state index contributed by atoms with van der Waals surface area (Å²) >= 11 is 12.6. The molecule has 0 aliphatic carbocycles. The molecule has 0 aliphatic rings. The molecule has 0 saturated heterocycles. The summed E-state index contributed by atoms with van der Waals surface area (Å²) in [5.41, 5.74) is 3.35. The Morgan fingerprint density at radius 3 is 2.08 bits per heavy atom. The fourth-order valence-electron chi connectivity index (χ4n) is 5.56. The van der Waals surface area contributed by atoms with E-state index in [4.69, 9.17) is 32.7 Å². The number of rotatable bonds is 15. The number of ether oxygens (including phenoxy) is 2. The molecule has 4 aromatic rings. The molecule has 2 amide bonds. The van der Waals surface area contributed by atoms with Gasteiger partial charge in [-0.1, -0.05) is 72.6 Å². The van der Waals surface area contributed by atoms with Gasteiger partial charge < -0.3 is 19.7 Å². The summed E-state index contributed by atoms with van der Waals surface area (Å²) < 4.78 is 40.9. The van der Waals surface area contributed by atoms with Crippen LogP contribution in [0.5, 0.6) is 11.5 Å². The first-order valence-electron chi connectivity index (χ1n) is 16.2. The Labute approximate surface area is 305 Å². The van der Waals surface area contributed by atoms with Crippen molar-refractivity contribution in [1.29, 1.82) is 0 Å². The Balaban J connectivity index is 1.87. The highest BCUT2D eigenvalue weighted by Crippen LogP contribution is 2.33. The lowest BCUT2D eigenvalue weighted by atomic mass is 10.0. The van der Waals surface area contributed by atoms with Crippen molar-refractivity contribution < 1.29 is 27.5 Å². The summed E-state index contributed by atoms with van der Waals surface area (Å²) in [6.45, 7) is 6.90. The first kappa shape index (κ1) is 38.6. The number of methoxy groups -OCH3 is 2. The van der Waals surface area contributed by atoms with Crippen molar-refractivity contribution >= 4 is 50.7 Å². The van der Waals surface area contributed by atoms with Gasteiger partial charge in [-0.05, 0) is 85.8 Å². The van der Waals surface area contributed by atoms with Crippen molar-refractivity contribution in [1.82, 2.24) is 10.2 Å². The number of carbonyl (C=O) groups excluding carboxylic acids is 2. The maximum atomic E-state index is 14.8. The van der Waals surface area contributed by atoms with E-state index in [1.807, 2.05) is 64.1 Å². The van der Waals surface area contributed by atoms with Gasteiger partial charge in [0.05, 0.1) is 34.8 Å². The average molecular weight is 741 g/mol. The van der Waals surface area contributed by atoms with Crippen LogP contribution in [0.15, 0.2) is 89.8 Å². The minimum absolute atomic E-state index is 0.0434. The van der Waals surface area contributed by atoms with Crippen LogP contribution in [0, 0.1) is 13.8 Å². The smallest absolute Gasteiger partial charge is 0.264 e. The van der Waals surface area contributed by atoms with Crippen molar-refractivity contribution in [2.45, 2.75) is 64.1 Å². The summed E-state index contributed by atoms with van der Waals surface area (Å²) in [5.74, 6) is -0.396. The third-order valence-corrected chi connectivity index (χ3v) is 10.8. The van der Waals surface area contributed by atoms with Gasteiger partial charge in [0.1, 0.15) is 12.6 Å². The lowest BCUT2D eigenvalue weighted by molar-refractivity contribution is -0.140. The normalized spacial score (nSPS) is 12.5. The number of hydrogen-bond donors (Lipinski definition) is 1. The van der Waals surface area contributed by atoms with E-state index in [9.17, 15) is 18.0 Å². The van der Waals surface area contributed by atoms with Crippen LogP contribution in [-0.4, -0.2) is 58.0 Å². The third-order valence-electron chi connectivity index (χ3n) is 8.33. The molecular formula is C38H43Cl2N3O6S. The van der Waals surface area contributed by atoms with Crippen LogP contribution in [0.3, 0.4) is 0 Å². The number of nitrogens with zero attached hydrogens (tertiary/aromatic N) is 2. The summed E-state index contributed by atoms with van der Waals surface area (Å²) in [6.07, 6.45) is 0.858. The predicted octanol–water partition coefficient (Wildman–Crippen LogP) is 7.38. The van der Waals surface area contributed by atoms with E-state index in [1.165, 1.54) is 37.3 Å². The largest absolute Gasteiger partial charge is 0.493 e. The van der Waals surface area contributed by atoms with Crippen molar-refractivity contribution in [3.8, 4) is 11.5 Å². The molecule has 4 aromatic carbocycles. The lowest BCUT2D eigenvalue weighted by Crippen LogP contribution is -2.54. The van der Waals surface area contributed by atoms with E-state index in [1.54, 1.807) is 30.3 Å². The van der Waals surface area contributed by atoms with Crippen LogP contribution < -0.4 is 19.1 Å². The third kappa shape index (κ3) is 9.50. The van der Waals surface area contributed by atoms with Crippen LogP contribution in [0.2, 0.25) is 10.0 Å². The number of halogens is 2. The molecule has 9 nitrogen and oxygen atoms in total. The number of anilines is 1. The van der Waals surface area contributed by atoms with Crippen LogP contribution in [0.25, 0.3) is 0 Å². The van der Waals surface area contributed by atoms with E-state index in [2.05, 4.69) is 5.32 Å². The summed E-state index contributed by atoms with van der Waals surface area (Å²) in [5, 5.41) is 3.66. The number of amides is 2. The fourth-order valence-corrected chi connectivity index (χ4v) is 7.29. The zero-order valence-corrected chi connectivity index (χ0v) is 31.4. The van der Waals surface area contributed by atoms with Gasteiger partial charge in [-0.25, -0.2) is 8.42 Å². The lowest BCUT2D eigenvalue weighted by Gasteiger charge is -2.34. The van der Waals surface area contributed by atoms with Crippen LogP contribution in [-0.2, 0) is 32.6 Å². The molecule has 0 spiro atoms. The standard InChI is InChI=1S/C38H43Cl2N3O6S/c1-7-27(4)41-38(45)34(21-28-11-9-8-10-12-28)42(23-29-13-15-32(39)33(40)20-29)37(44)24-43(30-18-25(2)17-26(3)19-30)50(46,47)31-14-16-35(48-5)36(22-31)49-6/h8-20,22,27,34H,7,21,23-24H2,1-6H3,(H,41,45)/t27-,34-/m1/s1. The van der Waals surface area contributed by atoms with E-state index >= 15 is 0 Å². The Morgan fingerprint density at radius 2 is 1.48 bits per heavy atom. The van der Waals surface area contributed by atoms with Crippen molar-refractivity contribution in [2.75, 3.05) is 25.1 Å². The Bertz CT molecular complexity index is 1900. The second-order valence-electron chi connectivity index (χ2n) is 12.2. The molecule has 50 heavy (non-hydrogen) atoms. The SMILES string of the molecule is CC[C@@H](C)NC(=O)[C@@H](Cc1ccccc1)N(Cc1ccc(Cl)c(Cl)c1)C(=O)CN(c1cc(C)cc(C)c1)S(=O)(=O)c1ccc(OC)c(OC)c1. The van der Waals surface area contributed by atoms with Crippen molar-refractivity contribution in [3.63, 3.8) is 0 Å². The minimum atomic E-state index is -4.38. The van der Waals surface area contributed by atoms with Gasteiger partial charge >= 0.3 is 0 Å². The first-order chi connectivity index (χ1) is 23.8. The van der Waals surface area contributed by atoms with Gasteiger partial charge in [-0.3, -0.25) is 13.9 Å². The van der Waals surface area contributed by atoms with Gasteiger partial charge in [-0.15, -0.1) is 0 Å². The highest BCUT2D eigenvalue weighted by molar-refractivity contribution is 7.92. The molecule has 2 atom stereocenters. The molecule has 1 N–H and O–H groups in total. The zero-order chi connectivity index (χ0) is 36.6. The molecule has 0 unspecified atom stereocenters. The van der Waals surface area contributed by atoms with E-state index in [0.29, 0.717) is 28.4 Å². The second kappa shape index (κ2) is 17.1. The van der Waals surface area contributed by atoms with Gasteiger partial charge in [-0.2, -0.15) is 0 Å². The van der Waals surface area contributed by atoms with Crippen LogP contribution in [0.4, 0.5) is 5.69 Å². The number of sulfonamides is 1. The minimum Gasteiger partial charge on any atom is -0.493 e. The molecule has 0 aromatic heterocycles. The molecule has 266 valence electrons. The molecule has 0 fully saturated rings. The molecule has 12 heteroatoms. The van der Waals surface area contributed by atoms with E-state index in [-0.39, 0.29) is 40.6 Å². The van der Waals surface area contributed by atoms with Gasteiger partial charge in [0.25, 0.3) is 10.0 Å². The first-order valence-corrected chi connectivity index (χ1v) is 18.4. The Morgan fingerprint density at radius 1 is 0.820 bits per heavy atom. The highest BCUT2D eigenvalue weighted by atomic mass is 35.5. The number of nitrogens with one attached hydrogen (secondary N) is 1. The molecule has 0 heterocycles. The number of hydrogen-bond acceptors (Lipinski definition) is 6. The zero-order valence-electron chi connectivity index (χ0n) is 29.1. The average Bonchev–Trinajstić information content (AvgIpc) is 3.09. The Kier molecular flexibility index (Phi) is 13.2. The van der Waals surface area contributed by atoms with Crippen LogP contribution >= 0.6 is 23.2 Å².